The Morgan fingerprint density at radius 3 is 2.31 bits per heavy atom. The molecule has 184 valence electrons. The van der Waals surface area contributed by atoms with Crippen molar-refractivity contribution in [3.63, 3.8) is 0 Å². The highest BCUT2D eigenvalue weighted by Crippen LogP contribution is 2.40. The number of allylic oxidation sites excluding steroid dienone is 2. The van der Waals surface area contributed by atoms with Crippen molar-refractivity contribution in [3.05, 3.63) is 70.8 Å². The Labute approximate surface area is 206 Å². The Morgan fingerprint density at radius 2 is 1.67 bits per heavy atom. The zero-order valence-corrected chi connectivity index (χ0v) is 19.4. The summed E-state index contributed by atoms with van der Waals surface area (Å²) in [7, 11) is 0. The maximum absolute atomic E-state index is 12.9. The Balaban J connectivity index is 1.23. The average molecular weight is 489 g/mol. The molecule has 2 heterocycles. The first-order valence-electron chi connectivity index (χ1n) is 11.7. The van der Waals surface area contributed by atoms with Gasteiger partial charge in [-0.15, -0.1) is 0 Å². The second kappa shape index (κ2) is 9.03. The topological polar surface area (TPSA) is 127 Å². The zero-order valence-electron chi connectivity index (χ0n) is 19.4. The number of hydrogen-bond donors (Lipinski definition) is 0. The second-order valence-corrected chi connectivity index (χ2v) is 9.26. The van der Waals surface area contributed by atoms with E-state index in [4.69, 9.17) is 4.74 Å². The third-order valence-corrected chi connectivity index (χ3v) is 7.02. The molecule has 0 saturated carbocycles. The predicted molar refractivity (Wildman–Crippen MR) is 128 cm³/mol. The molecule has 0 unspecified atom stereocenters. The first-order chi connectivity index (χ1) is 17.2. The fraction of sp³-hybridized carbons (Fsp3) is 0.308. The molecule has 2 aromatic rings. The lowest BCUT2D eigenvalue weighted by Gasteiger charge is -2.22. The number of imide groups is 1. The molecule has 36 heavy (non-hydrogen) atoms. The van der Waals surface area contributed by atoms with Gasteiger partial charge in [0.15, 0.2) is 0 Å². The SMILES string of the molecule is C[C@@H]1C=CC[C@@H]2C(=O)N(c3ccc(OC(=O)[C@@H]4CC(=O)N(c5ccc([N+](=O)[O-])cc5)C4)cc3)C(=O)[C@@H]12. The van der Waals surface area contributed by atoms with Crippen molar-refractivity contribution in [1.82, 2.24) is 0 Å². The van der Waals surface area contributed by atoms with Crippen LogP contribution >= 0.6 is 0 Å². The first kappa shape index (κ1) is 23.4. The van der Waals surface area contributed by atoms with E-state index in [2.05, 4.69) is 0 Å². The van der Waals surface area contributed by atoms with Gasteiger partial charge >= 0.3 is 5.97 Å². The predicted octanol–water partition coefficient (Wildman–Crippen LogP) is 3.25. The number of fused-ring (bicyclic) bond motifs is 1. The number of carbonyl (C=O) groups excluding carboxylic acids is 4. The number of nitro benzene ring substituents is 1. The van der Waals surface area contributed by atoms with Crippen molar-refractivity contribution in [2.45, 2.75) is 19.8 Å². The molecule has 0 bridgehead atoms. The minimum atomic E-state index is -0.703. The zero-order chi connectivity index (χ0) is 25.6. The van der Waals surface area contributed by atoms with Crippen molar-refractivity contribution >= 4 is 40.8 Å². The lowest BCUT2D eigenvalue weighted by atomic mass is 9.78. The summed E-state index contributed by atoms with van der Waals surface area (Å²) in [5.74, 6) is -2.50. The third kappa shape index (κ3) is 4.04. The van der Waals surface area contributed by atoms with E-state index in [1.54, 1.807) is 12.1 Å². The van der Waals surface area contributed by atoms with E-state index in [9.17, 15) is 29.3 Å². The second-order valence-electron chi connectivity index (χ2n) is 9.26. The molecule has 3 aliphatic rings. The number of anilines is 2. The Hall–Kier alpha value is -4.34. The van der Waals surface area contributed by atoms with E-state index in [0.29, 0.717) is 17.8 Å². The number of rotatable bonds is 5. The van der Waals surface area contributed by atoms with Crippen LogP contribution in [0.25, 0.3) is 0 Å². The normalized spacial score (nSPS) is 25.3. The Morgan fingerprint density at radius 1 is 1.00 bits per heavy atom. The van der Waals surface area contributed by atoms with E-state index >= 15 is 0 Å². The summed E-state index contributed by atoms with van der Waals surface area (Å²) in [6.45, 7) is 2.03. The van der Waals surface area contributed by atoms with E-state index in [1.807, 2.05) is 19.1 Å². The van der Waals surface area contributed by atoms with Crippen LogP contribution < -0.4 is 14.5 Å². The molecule has 10 heteroatoms. The van der Waals surface area contributed by atoms with Gasteiger partial charge < -0.3 is 9.64 Å². The Kier molecular flexibility index (Phi) is 5.87. The molecule has 0 radical (unpaired) electrons. The number of benzene rings is 2. The molecule has 4 atom stereocenters. The van der Waals surface area contributed by atoms with Gasteiger partial charge in [-0.1, -0.05) is 19.1 Å². The number of ether oxygens (including phenoxy) is 1. The standard InChI is InChI=1S/C26H23N3O7/c1-15-3-2-4-21-23(15)25(32)28(24(21)31)18-9-11-20(12-10-18)36-26(33)16-13-22(30)27(14-16)17-5-7-19(8-6-17)29(34)35/h2-3,5-12,15-16,21,23H,4,13-14H2,1H3/t15-,16-,21+,23+/m1/s1. The van der Waals surface area contributed by atoms with Crippen LogP contribution in [-0.2, 0) is 19.2 Å². The van der Waals surface area contributed by atoms with Crippen LogP contribution in [0, 0.1) is 33.8 Å². The summed E-state index contributed by atoms with van der Waals surface area (Å²) in [4.78, 5) is 63.9. The van der Waals surface area contributed by atoms with Gasteiger partial charge in [-0.25, -0.2) is 0 Å². The van der Waals surface area contributed by atoms with Crippen LogP contribution in [0.15, 0.2) is 60.7 Å². The van der Waals surface area contributed by atoms with E-state index in [1.165, 1.54) is 46.2 Å². The number of carbonyl (C=O) groups is 4. The van der Waals surface area contributed by atoms with Gasteiger partial charge in [-0.2, -0.15) is 0 Å². The molecule has 10 nitrogen and oxygen atoms in total. The quantitative estimate of drug-likeness (QED) is 0.158. The highest BCUT2D eigenvalue weighted by atomic mass is 16.6. The molecule has 0 N–H and O–H groups in total. The highest BCUT2D eigenvalue weighted by Gasteiger charge is 2.50. The van der Waals surface area contributed by atoms with Crippen LogP contribution in [0.1, 0.15) is 19.8 Å². The monoisotopic (exact) mass is 489 g/mol. The van der Waals surface area contributed by atoms with Gasteiger partial charge in [-0.3, -0.25) is 34.2 Å². The number of amides is 3. The maximum atomic E-state index is 12.9. The molecular formula is C26H23N3O7. The summed E-state index contributed by atoms with van der Waals surface area (Å²) in [6, 6.07) is 11.7. The number of hydrogen-bond acceptors (Lipinski definition) is 7. The van der Waals surface area contributed by atoms with E-state index in [-0.39, 0.29) is 59.9 Å². The van der Waals surface area contributed by atoms with Gasteiger partial charge in [-0.05, 0) is 48.7 Å². The van der Waals surface area contributed by atoms with Crippen LogP contribution in [0.3, 0.4) is 0 Å². The molecule has 2 fully saturated rings. The smallest absolute Gasteiger partial charge is 0.316 e. The summed E-state index contributed by atoms with van der Waals surface area (Å²) in [6.07, 6.45) is 4.41. The van der Waals surface area contributed by atoms with Gasteiger partial charge in [0.25, 0.3) is 5.69 Å². The highest BCUT2D eigenvalue weighted by molar-refractivity contribution is 6.22. The van der Waals surface area contributed by atoms with Crippen LogP contribution in [-0.4, -0.2) is 35.2 Å². The molecule has 3 amide bonds. The number of nitro groups is 1. The summed E-state index contributed by atoms with van der Waals surface area (Å²) < 4.78 is 5.46. The minimum Gasteiger partial charge on any atom is -0.426 e. The lowest BCUT2D eigenvalue weighted by Crippen LogP contribution is -2.31. The third-order valence-electron chi connectivity index (χ3n) is 7.02. The molecular weight excluding hydrogens is 466 g/mol. The van der Waals surface area contributed by atoms with Crippen molar-refractivity contribution in [2.24, 2.45) is 23.7 Å². The minimum absolute atomic E-state index is 0.00915. The molecule has 0 aromatic heterocycles. The average Bonchev–Trinajstić information content (AvgIpc) is 3.38. The Bertz CT molecular complexity index is 1290. The summed E-state index contributed by atoms with van der Waals surface area (Å²) in [5.41, 5.74) is 0.800. The van der Waals surface area contributed by atoms with E-state index in [0.717, 1.165) is 0 Å². The van der Waals surface area contributed by atoms with Crippen LogP contribution in [0.4, 0.5) is 17.1 Å². The number of esters is 1. The molecule has 2 aliphatic heterocycles. The first-order valence-corrected chi connectivity index (χ1v) is 11.7. The molecule has 2 aromatic carbocycles. The van der Waals surface area contributed by atoms with Crippen molar-refractivity contribution in [1.29, 1.82) is 0 Å². The van der Waals surface area contributed by atoms with Gasteiger partial charge in [0.2, 0.25) is 17.7 Å². The molecule has 0 spiro atoms. The van der Waals surface area contributed by atoms with Crippen molar-refractivity contribution in [3.8, 4) is 5.75 Å². The maximum Gasteiger partial charge on any atom is 0.316 e. The number of non-ortho nitro benzene ring substituents is 1. The molecule has 5 rings (SSSR count). The fourth-order valence-electron chi connectivity index (χ4n) is 5.13. The summed E-state index contributed by atoms with van der Waals surface area (Å²) >= 11 is 0. The van der Waals surface area contributed by atoms with Crippen LogP contribution in [0.5, 0.6) is 5.75 Å². The van der Waals surface area contributed by atoms with Gasteiger partial charge in [0, 0.05) is 30.8 Å². The van der Waals surface area contributed by atoms with E-state index < -0.39 is 16.8 Å². The van der Waals surface area contributed by atoms with Crippen molar-refractivity contribution in [2.75, 3.05) is 16.3 Å². The summed E-state index contributed by atoms with van der Waals surface area (Å²) in [5, 5.41) is 10.8. The fourth-order valence-corrected chi connectivity index (χ4v) is 5.13. The largest absolute Gasteiger partial charge is 0.426 e. The van der Waals surface area contributed by atoms with Gasteiger partial charge in [0.1, 0.15) is 5.75 Å². The van der Waals surface area contributed by atoms with Crippen molar-refractivity contribution < 1.29 is 28.8 Å². The number of nitrogens with zero attached hydrogens (tertiary/aromatic N) is 3. The van der Waals surface area contributed by atoms with Gasteiger partial charge in [0.05, 0.1) is 28.4 Å². The molecule has 2 saturated heterocycles. The van der Waals surface area contributed by atoms with Crippen LogP contribution in [0.2, 0.25) is 0 Å². The lowest BCUT2D eigenvalue weighted by molar-refractivity contribution is -0.384. The molecule has 1 aliphatic carbocycles.